The van der Waals surface area contributed by atoms with E-state index in [2.05, 4.69) is 20.0 Å². The number of fused-ring (bicyclic) bond motifs is 1. The van der Waals surface area contributed by atoms with E-state index >= 15 is 0 Å². The Bertz CT molecular complexity index is 1280. The maximum Gasteiger partial charge on any atom is 0.227 e. The molecule has 0 spiro atoms. The lowest BCUT2D eigenvalue weighted by Crippen LogP contribution is -2.40. The van der Waals surface area contributed by atoms with Crippen LogP contribution in [0.25, 0.3) is 10.9 Å². The van der Waals surface area contributed by atoms with Gasteiger partial charge in [-0.1, -0.05) is 11.6 Å². The number of hydrogen-bond acceptors (Lipinski definition) is 7. The van der Waals surface area contributed by atoms with Crippen molar-refractivity contribution in [1.82, 2.24) is 14.7 Å². The molecule has 0 saturated heterocycles. The molecule has 1 aliphatic carbocycles. The van der Waals surface area contributed by atoms with Crippen LogP contribution in [-0.2, 0) is 10.0 Å². The number of rotatable bonds is 8. The Morgan fingerprint density at radius 1 is 1.15 bits per heavy atom. The Hall–Kier alpha value is -2.69. The second kappa shape index (κ2) is 10.3. The summed E-state index contributed by atoms with van der Waals surface area (Å²) in [6.07, 6.45) is 4.52. The molecule has 1 aliphatic rings. The Balaban J connectivity index is 1.46. The fraction of sp³-hybridized carbons (Fsp3) is 0.391. The maximum atomic E-state index is 13.4. The first-order valence-corrected chi connectivity index (χ1v) is 13.0. The van der Waals surface area contributed by atoms with Crippen molar-refractivity contribution in [3.63, 3.8) is 0 Å². The summed E-state index contributed by atoms with van der Waals surface area (Å²) < 4.78 is 51.5. The largest absolute Gasteiger partial charge is 0.493 e. The van der Waals surface area contributed by atoms with Crippen molar-refractivity contribution in [2.24, 2.45) is 0 Å². The Morgan fingerprint density at radius 3 is 2.59 bits per heavy atom. The molecule has 34 heavy (non-hydrogen) atoms. The van der Waals surface area contributed by atoms with Gasteiger partial charge >= 0.3 is 0 Å². The van der Waals surface area contributed by atoms with Gasteiger partial charge in [0, 0.05) is 29.4 Å². The second-order valence-electron chi connectivity index (χ2n) is 8.12. The number of nitrogens with one attached hydrogen (secondary N) is 2. The van der Waals surface area contributed by atoms with E-state index in [1.165, 1.54) is 12.1 Å². The van der Waals surface area contributed by atoms with Gasteiger partial charge in [-0.2, -0.15) is 0 Å². The van der Waals surface area contributed by atoms with E-state index in [4.69, 9.17) is 21.1 Å². The van der Waals surface area contributed by atoms with Crippen LogP contribution in [0.5, 0.6) is 11.5 Å². The smallest absolute Gasteiger partial charge is 0.227 e. The minimum Gasteiger partial charge on any atom is -0.493 e. The van der Waals surface area contributed by atoms with Crippen molar-refractivity contribution >= 4 is 44.2 Å². The number of methoxy groups -OCH3 is 1. The third-order valence-electron chi connectivity index (χ3n) is 5.74. The Kier molecular flexibility index (Phi) is 7.39. The maximum absolute atomic E-state index is 13.4. The molecule has 0 amide bonds. The molecule has 2 aromatic carbocycles. The number of halogens is 2. The highest BCUT2D eigenvalue weighted by Gasteiger charge is 2.26. The number of anilines is 2. The zero-order chi connectivity index (χ0) is 24.3. The molecule has 8 nitrogen and oxygen atoms in total. The highest BCUT2D eigenvalue weighted by molar-refractivity contribution is 7.89. The number of benzene rings is 2. The summed E-state index contributed by atoms with van der Waals surface area (Å²) in [5.74, 6) is 1.03. The van der Waals surface area contributed by atoms with E-state index in [-0.39, 0.29) is 22.9 Å². The number of sulfonamides is 1. The van der Waals surface area contributed by atoms with Gasteiger partial charge in [-0.15, -0.1) is 0 Å². The zero-order valence-corrected chi connectivity index (χ0v) is 20.4. The number of hydrogen-bond donors (Lipinski definition) is 2. The van der Waals surface area contributed by atoms with Gasteiger partial charge in [0.1, 0.15) is 5.82 Å². The molecule has 0 bridgehead atoms. The van der Waals surface area contributed by atoms with E-state index in [0.717, 1.165) is 18.2 Å². The summed E-state index contributed by atoms with van der Waals surface area (Å²) in [5, 5.41) is 3.78. The molecule has 1 saturated carbocycles. The Labute approximate surface area is 202 Å². The summed E-state index contributed by atoms with van der Waals surface area (Å²) in [7, 11) is -1.65. The Morgan fingerprint density at radius 2 is 1.91 bits per heavy atom. The summed E-state index contributed by atoms with van der Waals surface area (Å²) >= 11 is 5.84. The van der Waals surface area contributed by atoms with Crippen molar-refractivity contribution in [3.05, 3.63) is 47.4 Å². The summed E-state index contributed by atoms with van der Waals surface area (Å²) in [6.45, 7) is 1.63. The van der Waals surface area contributed by atoms with E-state index in [1.807, 2.05) is 6.07 Å². The normalized spacial score (nSPS) is 18.6. The molecule has 1 heterocycles. The third kappa shape index (κ3) is 5.86. The number of nitrogens with zero attached hydrogens (tertiary/aromatic N) is 2. The van der Waals surface area contributed by atoms with Gasteiger partial charge in [-0.05, 0) is 56.9 Å². The quantitative estimate of drug-likeness (QED) is 0.450. The van der Waals surface area contributed by atoms with Crippen molar-refractivity contribution in [2.45, 2.75) is 44.8 Å². The van der Waals surface area contributed by atoms with Crippen molar-refractivity contribution < 1.29 is 22.3 Å². The van der Waals surface area contributed by atoms with Crippen LogP contribution in [0, 0.1) is 5.82 Å². The fourth-order valence-electron chi connectivity index (χ4n) is 3.87. The van der Waals surface area contributed by atoms with Gasteiger partial charge in [-0.25, -0.2) is 27.5 Å². The van der Waals surface area contributed by atoms with Crippen LogP contribution >= 0.6 is 11.6 Å². The molecule has 2 N–H and O–H groups in total. The highest BCUT2D eigenvalue weighted by atomic mass is 35.5. The number of ether oxygens (including phenoxy) is 2. The molecule has 1 fully saturated rings. The van der Waals surface area contributed by atoms with Crippen molar-refractivity contribution in [3.8, 4) is 11.5 Å². The average Bonchev–Trinajstić information content (AvgIpc) is 2.82. The zero-order valence-electron chi connectivity index (χ0n) is 18.8. The highest BCUT2D eigenvalue weighted by Crippen LogP contribution is 2.35. The minimum atomic E-state index is -3.21. The van der Waals surface area contributed by atoms with Gasteiger partial charge in [0.2, 0.25) is 16.0 Å². The lowest BCUT2D eigenvalue weighted by Gasteiger charge is -2.29. The molecule has 0 radical (unpaired) electrons. The van der Waals surface area contributed by atoms with E-state index in [1.54, 1.807) is 32.4 Å². The lowest BCUT2D eigenvalue weighted by molar-refractivity contribution is 0.140. The van der Waals surface area contributed by atoms with Crippen LogP contribution in [0.15, 0.2) is 36.5 Å². The van der Waals surface area contributed by atoms with Crippen LogP contribution in [-0.4, -0.2) is 43.4 Å². The summed E-state index contributed by atoms with van der Waals surface area (Å²) in [6, 6.07) is 7.83. The minimum absolute atomic E-state index is 0.00560. The second-order valence-corrected chi connectivity index (χ2v) is 10.6. The van der Waals surface area contributed by atoms with Gasteiger partial charge in [-0.3, -0.25) is 0 Å². The average molecular weight is 509 g/mol. The first-order valence-electron chi connectivity index (χ1n) is 11.0. The van der Waals surface area contributed by atoms with E-state index in [9.17, 15) is 12.8 Å². The SMILES string of the molecule is CCS(=O)(=O)NC1CCC(Oc2cc3cnc(Nc4ccc(F)c(Cl)c4)nc3cc2OC)CC1. The topological polar surface area (TPSA) is 102 Å². The van der Waals surface area contributed by atoms with Crippen LogP contribution in [0.2, 0.25) is 5.02 Å². The molecular formula is C23H26ClFN4O4S. The van der Waals surface area contributed by atoms with E-state index in [0.29, 0.717) is 41.5 Å². The first-order chi connectivity index (χ1) is 16.3. The van der Waals surface area contributed by atoms with Gasteiger partial charge < -0.3 is 14.8 Å². The molecule has 1 aromatic heterocycles. The van der Waals surface area contributed by atoms with E-state index < -0.39 is 15.8 Å². The molecule has 11 heteroatoms. The van der Waals surface area contributed by atoms with Gasteiger partial charge in [0.25, 0.3) is 0 Å². The van der Waals surface area contributed by atoms with Crippen LogP contribution in [0.1, 0.15) is 32.6 Å². The molecule has 3 aromatic rings. The fourth-order valence-corrected chi connectivity index (χ4v) is 4.96. The molecule has 182 valence electrons. The summed E-state index contributed by atoms with van der Waals surface area (Å²) in [5.41, 5.74) is 1.21. The standard InChI is InChI=1S/C23H26ClFN4O4S/c1-3-34(30,31)29-15-4-7-17(8-5-15)33-22-10-14-13-26-23(28-20(14)12-21(22)32-2)27-16-6-9-19(25)18(24)11-16/h6,9-13,15,17,29H,3-5,7-8H2,1-2H3,(H,26,27,28). The predicted octanol–water partition coefficient (Wildman–Crippen LogP) is 4.80. The van der Waals surface area contributed by atoms with Crippen LogP contribution in [0.4, 0.5) is 16.0 Å². The van der Waals surface area contributed by atoms with Gasteiger partial charge in [0.15, 0.2) is 11.5 Å². The first kappa shape index (κ1) is 24.4. The van der Waals surface area contributed by atoms with Crippen LogP contribution < -0.4 is 19.5 Å². The number of aromatic nitrogens is 2. The van der Waals surface area contributed by atoms with Crippen molar-refractivity contribution in [2.75, 3.05) is 18.2 Å². The molecule has 0 atom stereocenters. The third-order valence-corrected chi connectivity index (χ3v) is 7.48. The lowest BCUT2D eigenvalue weighted by atomic mass is 9.93. The van der Waals surface area contributed by atoms with Gasteiger partial charge in [0.05, 0.1) is 29.5 Å². The van der Waals surface area contributed by atoms with Crippen molar-refractivity contribution in [1.29, 1.82) is 0 Å². The monoisotopic (exact) mass is 508 g/mol. The molecule has 0 unspecified atom stereocenters. The van der Waals surface area contributed by atoms with Crippen LogP contribution in [0.3, 0.4) is 0 Å². The molecule has 0 aliphatic heterocycles. The summed E-state index contributed by atoms with van der Waals surface area (Å²) in [4.78, 5) is 8.84. The molecular weight excluding hydrogens is 483 g/mol. The predicted molar refractivity (Wildman–Crippen MR) is 130 cm³/mol. The molecule has 4 rings (SSSR count).